The second kappa shape index (κ2) is 8.21. The topological polar surface area (TPSA) is 55.3 Å². The minimum absolute atomic E-state index is 0.792. The molecule has 1 aliphatic rings. The van der Waals surface area contributed by atoms with E-state index >= 15 is 0 Å². The first kappa shape index (κ1) is 13.9. The van der Waals surface area contributed by atoms with Gasteiger partial charge >= 0.3 is 0 Å². The number of nitrogens with zero attached hydrogens (tertiary/aromatic N) is 1. The Kier molecular flexibility index (Phi) is 7.60. The van der Waals surface area contributed by atoms with E-state index in [1.807, 2.05) is 32.9 Å². The molecular formula is C12H25N3. The lowest BCUT2D eigenvalue weighted by Crippen LogP contribution is -2.32. The number of hydrogen-bond donors (Lipinski definition) is 2. The molecule has 0 aromatic carbocycles. The maximum absolute atomic E-state index is 5.88. The molecule has 3 heteroatoms. The predicted molar refractivity (Wildman–Crippen MR) is 67.0 cm³/mol. The van der Waals surface area contributed by atoms with E-state index in [4.69, 9.17) is 11.5 Å². The van der Waals surface area contributed by atoms with Crippen molar-refractivity contribution >= 4 is 0 Å². The van der Waals surface area contributed by atoms with Crippen LogP contribution in [0.2, 0.25) is 0 Å². The van der Waals surface area contributed by atoms with Gasteiger partial charge in [0.1, 0.15) is 0 Å². The van der Waals surface area contributed by atoms with Gasteiger partial charge in [0.2, 0.25) is 0 Å². The molecule has 1 rings (SSSR count). The monoisotopic (exact) mass is 211 g/mol. The maximum Gasteiger partial charge on any atom is 0.0986 e. The van der Waals surface area contributed by atoms with Gasteiger partial charge in [0.05, 0.1) is 5.82 Å². The van der Waals surface area contributed by atoms with Crippen molar-refractivity contribution in [2.24, 2.45) is 11.5 Å². The highest BCUT2D eigenvalue weighted by Gasteiger charge is 2.09. The van der Waals surface area contributed by atoms with E-state index in [0.717, 1.165) is 24.6 Å². The predicted octanol–water partition coefficient (Wildman–Crippen LogP) is 2.16. The Morgan fingerprint density at radius 3 is 2.00 bits per heavy atom. The van der Waals surface area contributed by atoms with Crippen molar-refractivity contribution in [3.63, 3.8) is 0 Å². The lowest BCUT2D eigenvalue weighted by atomic mass is 10.1. The second-order valence-corrected chi connectivity index (χ2v) is 3.55. The van der Waals surface area contributed by atoms with E-state index in [2.05, 4.69) is 4.90 Å². The van der Waals surface area contributed by atoms with Crippen molar-refractivity contribution in [3.8, 4) is 0 Å². The molecule has 1 saturated heterocycles. The zero-order valence-electron chi connectivity index (χ0n) is 10.3. The highest BCUT2D eigenvalue weighted by atomic mass is 15.2. The Labute approximate surface area is 93.8 Å². The van der Waals surface area contributed by atoms with Gasteiger partial charge in [-0.1, -0.05) is 13.8 Å². The smallest absolute Gasteiger partial charge is 0.0986 e. The maximum atomic E-state index is 5.88. The van der Waals surface area contributed by atoms with Gasteiger partial charge in [0, 0.05) is 18.8 Å². The summed E-state index contributed by atoms with van der Waals surface area (Å²) in [5.74, 6) is 0.838. The van der Waals surface area contributed by atoms with E-state index < -0.39 is 0 Å². The highest BCUT2D eigenvalue weighted by molar-refractivity contribution is 5.12. The Hall–Kier alpha value is -1.12. The Morgan fingerprint density at radius 2 is 1.53 bits per heavy atom. The molecule has 0 bridgehead atoms. The van der Waals surface area contributed by atoms with Crippen molar-refractivity contribution in [1.82, 2.24) is 4.90 Å². The molecule has 3 nitrogen and oxygen atoms in total. The van der Waals surface area contributed by atoms with Gasteiger partial charge in [0.15, 0.2) is 0 Å². The van der Waals surface area contributed by atoms with Crippen LogP contribution in [0.1, 0.15) is 40.0 Å². The molecule has 0 aliphatic carbocycles. The van der Waals surface area contributed by atoms with Crippen molar-refractivity contribution < 1.29 is 0 Å². The molecule has 1 aliphatic heterocycles. The van der Waals surface area contributed by atoms with Crippen LogP contribution in [0, 0.1) is 0 Å². The molecule has 4 N–H and O–H groups in total. The minimum atomic E-state index is 0.792. The summed E-state index contributed by atoms with van der Waals surface area (Å²) in [6, 6.07) is 0. The van der Waals surface area contributed by atoms with Crippen molar-refractivity contribution in [3.05, 3.63) is 23.7 Å². The number of hydrogen-bond acceptors (Lipinski definition) is 3. The second-order valence-electron chi connectivity index (χ2n) is 3.55. The van der Waals surface area contributed by atoms with Crippen molar-refractivity contribution in [2.45, 2.75) is 40.0 Å². The zero-order chi connectivity index (χ0) is 11.7. The van der Waals surface area contributed by atoms with Crippen LogP contribution in [0.25, 0.3) is 0 Å². The summed E-state index contributed by atoms with van der Waals surface area (Å²) in [7, 11) is 0. The standard InChI is InChI=1S/C10H19N3.C2H6/c1-9(11)5-6-10(12)13-7-3-2-4-8-13;1-2/h5-6H,2-4,7-8,11-12H2,1H3;1-2H3/b9-5-,10-6+;. The third-order valence-electron chi connectivity index (χ3n) is 2.24. The molecule has 0 aromatic heterocycles. The zero-order valence-corrected chi connectivity index (χ0v) is 10.3. The molecule has 1 fully saturated rings. The van der Waals surface area contributed by atoms with Crippen LogP contribution < -0.4 is 11.5 Å². The summed E-state index contributed by atoms with van der Waals surface area (Å²) in [5, 5.41) is 0. The average Bonchev–Trinajstić information content (AvgIpc) is 2.30. The van der Waals surface area contributed by atoms with Crippen LogP contribution in [0.3, 0.4) is 0 Å². The Bertz CT molecular complexity index is 209. The molecule has 0 radical (unpaired) electrons. The van der Waals surface area contributed by atoms with Crippen LogP contribution in [-0.2, 0) is 0 Å². The molecule has 0 unspecified atom stereocenters. The van der Waals surface area contributed by atoms with E-state index in [-0.39, 0.29) is 0 Å². The summed E-state index contributed by atoms with van der Waals surface area (Å²) in [6.45, 7) is 8.03. The molecule has 0 atom stereocenters. The number of likely N-dealkylation sites (tertiary alicyclic amines) is 1. The fourth-order valence-corrected chi connectivity index (χ4v) is 1.47. The number of nitrogens with two attached hydrogens (primary N) is 2. The van der Waals surface area contributed by atoms with E-state index in [1.165, 1.54) is 19.3 Å². The van der Waals surface area contributed by atoms with E-state index in [1.54, 1.807) is 0 Å². The fraction of sp³-hybridized carbons (Fsp3) is 0.667. The summed E-state index contributed by atoms with van der Waals surface area (Å²) >= 11 is 0. The normalized spacial score (nSPS) is 18.2. The molecule has 1 heterocycles. The van der Waals surface area contributed by atoms with Gasteiger partial charge in [-0.15, -0.1) is 0 Å². The largest absolute Gasteiger partial charge is 0.402 e. The molecule has 0 amide bonds. The first-order chi connectivity index (χ1) is 7.20. The lowest BCUT2D eigenvalue weighted by Gasteiger charge is -2.28. The molecular weight excluding hydrogens is 186 g/mol. The van der Waals surface area contributed by atoms with Crippen molar-refractivity contribution in [1.29, 1.82) is 0 Å². The summed E-state index contributed by atoms with van der Waals surface area (Å²) in [5.41, 5.74) is 12.2. The number of rotatable bonds is 2. The Balaban J connectivity index is 0.000000921. The van der Waals surface area contributed by atoms with Crippen LogP contribution >= 0.6 is 0 Å². The average molecular weight is 211 g/mol. The van der Waals surface area contributed by atoms with Gasteiger partial charge in [-0.05, 0) is 38.3 Å². The SMILES string of the molecule is C/C(N)=C/C=C(\N)N1CCCCC1.CC. The number of piperidine rings is 1. The van der Waals surface area contributed by atoms with E-state index in [0.29, 0.717) is 0 Å². The van der Waals surface area contributed by atoms with Crippen LogP contribution in [0.5, 0.6) is 0 Å². The lowest BCUT2D eigenvalue weighted by molar-refractivity contribution is 0.282. The third-order valence-corrected chi connectivity index (χ3v) is 2.24. The summed E-state index contributed by atoms with van der Waals surface area (Å²) in [4.78, 5) is 2.21. The first-order valence-corrected chi connectivity index (χ1v) is 5.84. The van der Waals surface area contributed by atoms with Gasteiger partial charge in [-0.25, -0.2) is 0 Å². The Morgan fingerprint density at radius 1 is 1.00 bits per heavy atom. The van der Waals surface area contributed by atoms with Gasteiger partial charge < -0.3 is 16.4 Å². The van der Waals surface area contributed by atoms with Gasteiger partial charge in [-0.2, -0.15) is 0 Å². The molecule has 0 saturated carbocycles. The van der Waals surface area contributed by atoms with Crippen LogP contribution in [0.4, 0.5) is 0 Å². The molecule has 88 valence electrons. The number of allylic oxidation sites excluding steroid dienone is 3. The molecule has 0 aromatic rings. The van der Waals surface area contributed by atoms with Crippen LogP contribution in [-0.4, -0.2) is 18.0 Å². The summed E-state index contributed by atoms with van der Waals surface area (Å²) in [6.07, 6.45) is 7.57. The minimum Gasteiger partial charge on any atom is -0.402 e. The van der Waals surface area contributed by atoms with Crippen LogP contribution in [0.15, 0.2) is 23.7 Å². The first-order valence-electron chi connectivity index (χ1n) is 5.84. The highest BCUT2D eigenvalue weighted by Crippen LogP contribution is 2.11. The molecule has 15 heavy (non-hydrogen) atoms. The quantitative estimate of drug-likeness (QED) is 0.688. The van der Waals surface area contributed by atoms with E-state index in [9.17, 15) is 0 Å². The van der Waals surface area contributed by atoms with Crippen molar-refractivity contribution in [2.75, 3.05) is 13.1 Å². The summed E-state index contributed by atoms with van der Waals surface area (Å²) < 4.78 is 0. The third kappa shape index (κ3) is 6.05. The fourth-order valence-electron chi connectivity index (χ4n) is 1.47. The van der Waals surface area contributed by atoms with Gasteiger partial charge in [-0.3, -0.25) is 0 Å². The molecule has 0 spiro atoms. The van der Waals surface area contributed by atoms with Gasteiger partial charge in [0.25, 0.3) is 0 Å².